The van der Waals surface area contributed by atoms with Gasteiger partial charge in [-0.15, -0.1) is 34.2 Å². The quantitative estimate of drug-likeness (QED) is 0.341. The van der Waals surface area contributed by atoms with Crippen LogP contribution in [0.25, 0.3) is 0 Å². The molecule has 29 heavy (non-hydrogen) atoms. The van der Waals surface area contributed by atoms with Crippen LogP contribution in [0.15, 0.2) is 29.3 Å². The van der Waals surface area contributed by atoms with Crippen LogP contribution in [0.5, 0.6) is 0 Å². The molecule has 8 heteroatoms. The van der Waals surface area contributed by atoms with Crippen LogP contribution in [0.1, 0.15) is 49.3 Å². The molecule has 1 aliphatic carbocycles. The van der Waals surface area contributed by atoms with Crippen molar-refractivity contribution in [2.75, 3.05) is 20.1 Å². The smallest absolute Gasteiger partial charge is 0.191 e. The number of benzene rings is 1. The van der Waals surface area contributed by atoms with Gasteiger partial charge in [-0.3, -0.25) is 4.99 Å². The highest BCUT2D eigenvalue weighted by atomic mass is 127. The second-order valence-electron chi connectivity index (χ2n) is 7.89. The molecule has 0 amide bonds. The zero-order valence-electron chi connectivity index (χ0n) is 17.0. The lowest BCUT2D eigenvalue weighted by atomic mass is 9.96. The summed E-state index contributed by atoms with van der Waals surface area (Å²) in [4.78, 5) is 4.38. The molecule has 1 aliphatic heterocycles. The van der Waals surface area contributed by atoms with Gasteiger partial charge < -0.3 is 15.2 Å². The van der Waals surface area contributed by atoms with Crippen molar-refractivity contribution in [3.05, 3.63) is 46.5 Å². The number of rotatable bonds is 6. The number of aryl methyl sites for hydroxylation is 1. The van der Waals surface area contributed by atoms with Gasteiger partial charge in [0.05, 0.1) is 0 Å². The molecule has 2 heterocycles. The van der Waals surface area contributed by atoms with Gasteiger partial charge in [0, 0.05) is 50.0 Å². The number of hydrogen-bond donors (Lipinski definition) is 2. The minimum absolute atomic E-state index is 0. The summed E-state index contributed by atoms with van der Waals surface area (Å²) in [6.45, 7) is 2.71. The molecule has 1 aromatic carbocycles. The monoisotopic (exact) mass is 528 g/mol. The van der Waals surface area contributed by atoms with Crippen LogP contribution in [0, 0.1) is 0 Å². The number of nitrogens with one attached hydrogen (secondary N) is 2. The van der Waals surface area contributed by atoms with Crippen LogP contribution < -0.4 is 10.6 Å². The number of aliphatic imine (C=N–C) groups is 1. The van der Waals surface area contributed by atoms with Crippen LogP contribution in [0.3, 0.4) is 0 Å². The lowest BCUT2D eigenvalue weighted by molar-refractivity contribution is 0.598. The third-order valence-corrected chi connectivity index (χ3v) is 6.17. The molecule has 0 atom stereocenters. The molecular formula is C21H30ClIN6. The highest BCUT2D eigenvalue weighted by molar-refractivity contribution is 14.0. The molecule has 0 bridgehead atoms. The van der Waals surface area contributed by atoms with E-state index in [0.29, 0.717) is 0 Å². The van der Waals surface area contributed by atoms with E-state index in [-0.39, 0.29) is 29.4 Å². The molecule has 2 N–H and O–H groups in total. The Hall–Kier alpha value is -1.35. The van der Waals surface area contributed by atoms with E-state index in [9.17, 15) is 0 Å². The lowest BCUT2D eigenvalue weighted by Crippen LogP contribution is -2.42. The Balaban J connectivity index is 0.00000240. The summed E-state index contributed by atoms with van der Waals surface area (Å²) < 4.78 is 2.31. The van der Waals surface area contributed by atoms with Crippen LogP contribution in [0.2, 0.25) is 5.02 Å². The maximum atomic E-state index is 6.18. The zero-order valence-corrected chi connectivity index (χ0v) is 20.0. The van der Waals surface area contributed by atoms with Crippen molar-refractivity contribution in [3.63, 3.8) is 0 Å². The number of aromatic nitrogens is 3. The number of nitrogens with zero attached hydrogens (tertiary/aromatic N) is 4. The van der Waals surface area contributed by atoms with Gasteiger partial charge in [0.15, 0.2) is 5.96 Å². The van der Waals surface area contributed by atoms with Gasteiger partial charge in [0.2, 0.25) is 0 Å². The van der Waals surface area contributed by atoms with E-state index in [0.717, 1.165) is 55.1 Å². The summed E-state index contributed by atoms with van der Waals surface area (Å²) in [6.07, 6.45) is 8.00. The average molecular weight is 529 g/mol. The Bertz CT molecular complexity index is 845. The first-order valence-electron chi connectivity index (χ1n) is 10.3. The predicted molar refractivity (Wildman–Crippen MR) is 128 cm³/mol. The largest absolute Gasteiger partial charge is 0.356 e. The van der Waals surface area contributed by atoms with Crippen molar-refractivity contribution in [3.8, 4) is 0 Å². The van der Waals surface area contributed by atoms with Crippen molar-refractivity contribution in [2.24, 2.45) is 4.99 Å². The minimum atomic E-state index is 0. The third-order valence-electron chi connectivity index (χ3n) is 5.94. The number of fused-ring (bicyclic) bond motifs is 1. The van der Waals surface area contributed by atoms with Gasteiger partial charge in [-0.2, -0.15) is 0 Å². The summed E-state index contributed by atoms with van der Waals surface area (Å²) >= 11 is 6.18. The highest BCUT2D eigenvalue weighted by Gasteiger charge is 2.44. The Kier molecular flexibility index (Phi) is 7.79. The van der Waals surface area contributed by atoms with E-state index in [4.69, 9.17) is 11.6 Å². The van der Waals surface area contributed by atoms with Crippen molar-refractivity contribution in [2.45, 2.75) is 56.9 Å². The lowest BCUT2D eigenvalue weighted by Gasteiger charge is -2.19. The third kappa shape index (κ3) is 5.42. The van der Waals surface area contributed by atoms with E-state index in [1.807, 2.05) is 19.2 Å². The molecule has 6 nitrogen and oxygen atoms in total. The Morgan fingerprint density at radius 3 is 2.83 bits per heavy atom. The first kappa shape index (κ1) is 22.3. The summed E-state index contributed by atoms with van der Waals surface area (Å²) in [6, 6.07) is 8.23. The molecule has 158 valence electrons. The Labute approximate surface area is 194 Å². The van der Waals surface area contributed by atoms with E-state index in [2.05, 4.69) is 42.5 Å². The van der Waals surface area contributed by atoms with Crippen molar-refractivity contribution < 1.29 is 0 Å². The highest BCUT2D eigenvalue weighted by Crippen LogP contribution is 2.48. The molecule has 0 unspecified atom stereocenters. The molecule has 0 saturated heterocycles. The summed E-state index contributed by atoms with van der Waals surface area (Å²) in [5.41, 5.74) is 1.50. The topological polar surface area (TPSA) is 67.1 Å². The average Bonchev–Trinajstić information content (AvgIpc) is 3.46. The van der Waals surface area contributed by atoms with Gasteiger partial charge in [0.1, 0.15) is 11.6 Å². The van der Waals surface area contributed by atoms with Gasteiger partial charge in [0.25, 0.3) is 0 Å². The maximum absolute atomic E-state index is 6.18. The molecule has 0 spiro atoms. The van der Waals surface area contributed by atoms with Gasteiger partial charge in [-0.25, -0.2) is 0 Å². The molecule has 1 saturated carbocycles. The standard InChI is InChI=1S/C21H29ClN6.HI/c1-23-20(25-15-21(10-11-21)16-6-5-7-17(22)14-16)24-12-9-19-27-26-18-8-3-2-4-13-28(18)19;/h5-7,14H,2-4,8-13,15H2,1H3,(H2,23,24,25);1H. The molecule has 1 fully saturated rings. The first-order chi connectivity index (χ1) is 13.7. The first-order valence-corrected chi connectivity index (χ1v) is 10.7. The molecule has 0 radical (unpaired) electrons. The van der Waals surface area contributed by atoms with Crippen molar-refractivity contribution in [1.82, 2.24) is 25.4 Å². The SMILES string of the molecule is CN=C(NCCc1nnc2n1CCCCC2)NCC1(c2cccc(Cl)c2)CC1.I. The Morgan fingerprint density at radius 1 is 1.21 bits per heavy atom. The molecule has 1 aromatic heterocycles. The van der Waals surface area contributed by atoms with E-state index in [1.165, 1.54) is 37.7 Å². The van der Waals surface area contributed by atoms with Crippen molar-refractivity contribution >= 4 is 41.5 Å². The normalized spacial score (nSPS) is 17.7. The number of hydrogen-bond acceptors (Lipinski definition) is 3. The zero-order chi connectivity index (χ0) is 19.4. The van der Waals surface area contributed by atoms with Crippen molar-refractivity contribution in [1.29, 1.82) is 0 Å². The fraction of sp³-hybridized carbons (Fsp3) is 0.571. The maximum Gasteiger partial charge on any atom is 0.191 e. The molecular weight excluding hydrogens is 499 g/mol. The summed E-state index contributed by atoms with van der Waals surface area (Å²) in [7, 11) is 1.82. The van der Waals surface area contributed by atoms with Gasteiger partial charge in [-0.1, -0.05) is 30.2 Å². The molecule has 2 aromatic rings. The minimum Gasteiger partial charge on any atom is -0.356 e. The second kappa shape index (κ2) is 10.1. The fourth-order valence-corrected chi connectivity index (χ4v) is 4.22. The van der Waals surface area contributed by atoms with Gasteiger partial charge >= 0.3 is 0 Å². The summed E-state index contributed by atoms with van der Waals surface area (Å²) in [5.74, 6) is 3.06. The van der Waals surface area contributed by atoms with E-state index >= 15 is 0 Å². The Morgan fingerprint density at radius 2 is 2.07 bits per heavy atom. The van der Waals surface area contributed by atoms with E-state index in [1.54, 1.807) is 0 Å². The van der Waals surface area contributed by atoms with Crippen LogP contribution in [0.4, 0.5) is 0 Å². The van der Waals surface area contributed by atoms with E-state index < -0.39 is 0 Å². The predicted octanol–water partition coefficient (Wildman–Crippen LogP) is 3.72. The molecule has 4 rings (SSSR count). The number of guanidine groups is 1. The van der Waals surface area contributed by atoms with Gasteiger partial charge in [-0.05, 0) is 43.4 Å². The van der Waals surface area contributed by atoms with Crippen LogP contribution in [-0.2, 0) is 24.8 Å². The van der Waals surface area contributed by atoms with Crippen LogP contribution >= 0.6 is 35.6 Å². The second-order valence-corrected chi connectivity index (χ2v) is 8.32. The molecule has 2 aliphatic rings. The number of halogens is 2. The fourth-order valence-electron chi connectivity index (χ4n) is 4.03. The van der Waals surface area contributed by atoms with Crippen LogP contribution in [-0.4, -0.2) is 40.9 Å². The summed E-state index contributed by atoms with van der Waals surface area (Å²) in [5, 5.41) is 16.5.